The second-order valence-electron chi connectivity index (χ2n) is 12.0. The van der Waals surface area contributed by atoms with Crippen LogP contribution in [0.4, 0.5) is 21.6 Å². The largest absolute Gasteiger partial charge is 0.392 e. The van der Waals surface area contributed by atoms with Crippen LogP contribution in [0, 0.1) is 5.82 Å². The average molecular weight is 597 g/mol. The summed E-state index contributed by atoms with van der Waals surface area (Å²) in [7, 11) is 1.64. The van der Waals surface area contributed by atoms with Gasteiger partial charge in [-0.1, -0.05) is 13.0 Å². The molecule has 0 atom stereocenters. The van der Waals surface area contributed by atoms with E-state index in [0.717, 1.165) is 57.4 Å². The van der Waals surface area contributed by atoms with Gasteiger partial charge in [0.05, 0.1) is 12.3 Å². The number of nitrogens with zero attached hydrogens (tertiary/aromatic N) is 5. The van der Waals surface area contributed by atoms with Gasteiger partial charge < -0.3 is 24.5 Å². The topological polar surface area (TPSA) is 95.6 Å². The number of fused-ring (bicyclic) bond motifs is 4. The van der Waals surface area contributed by atoms with Crippen LogP contribution in [0.25, 0.3) is 11.1 Å². The van der Waals surface area contributed by atoms with Crippen LogP contribution in [-0.4, -0.2) is 49.7 Å². The van der Waals surface area contributed by atoms with Gasteiger partial charge in [0.1, 0.15) is 23.0 Å². The first-order valence-electron chi connectivity index (χ1n) is 15.5. The highest BCUT2D eigenvalue weighted by Gasteiger charge is 2.32. The van der Waals surface area contributed by atoms with Crippen LogP contribution in [0.15, 0.2) is 47.4 Å². The van der Waals surface area contributed by atoms with Gasteiger partial charge >= 0.3 is 0 Å². The number of aryl methyl sites for hydroxylation is 2. The van der Waals surface area contributed by atoms with E-state index in [4.69, 9.17) is 4.98 Å². The molecule has 1 aliphatic carbocycles. The Labute approximate surface area is 255 Å². The molecule has 0 unspecified atom stereocenters. The van der Waals surface area contributed by atoms with Crippen LogP contribution in [0.2, 0.25) is 0 Å². The minimum absolute atomic E-state index is 0.194. The van der Waals surface area contributed by atoms with E-state index in [1.165, 1.54) is 33.5 Å². The lowest BCUT2D eigenvalue weighted by Gasteiger charge is -2.31. The number of anilines is 3. The fraction of sp³-hybridized carbons (Fsp3) is 0.382. The Morgan fingerprint density at radius 3 is 2.66 bits per heavy atom. The number of aromatic nitrogens is 3. The molecule has 0 bridgehead atoms. The highest BCUT2D eigenvalue weighted by molar-refractivity contribution is 6.07. The molecule has 3 aliphatic rings. The van der Waals surface area contributed by atoms with Crippen molar-refractivity contribution in [1.82, 2.24) is 19.0 Å². The first-order chi connectivity index (χ1) is 21.3. The maximum absolute atomic E-state index is 15.3. The van der Waals surface area contributed by atoms with Gasteiger partial charge in [0.15, 0.2) is 0 Å². The fourth-order valence-corrected chi connectivity index (χ4v) is 7.05. The molecule has 44 heavy (non-hydrogen) atoms. The first kappa shape index (κ1) is 28.5. The molecule has 10 heteroatoms. The molecule has 1 amide bonds. The summed E-state index contributed by atoms with van der Waals surface area (Å²) in [6.45, 7) is 5.52. The second kappa shape index (κ2) is 11.3. The molecule has 9 nitrogen and oxygen atoms in total. The molecular weight excluding hydrogens is 559 g/mol. The summed E-state index contributed by atoms with van der Waals surface area (Å²) in [5.74, 6) is -0.156. The number of hydrogen-bond donors (Lipinski definition) is 2. The quantitative estimate of drug-likeness (QED) is 0.340. The van der Waals surface area contributed by atoms with Gasteiger partial charge in [-0.3, -0.25) is 14.5 Å². The summed E-state index contributed by atoms with van der Waals surface area (Å²) in [6.07, 6.45) is 6.64. The van der Waals surface area contributed by atoms with Crippen LogP contribution >= 0.6 is 0 Å². The standard InChI is InChI=1S/C34H37FN6O3/c1-3-39-11-10-27-22(19-39)8-9-32(36-27)37-28-14-23(18-38(2)33(28)43)25-16-24(35)17-30(26(25)20-42)41-13-12-40-29-7-5-4-6-21(29)15-31(40)34(41)44/h8-9,14-18,42H,3-7,10-13,19-20H2,1-2H3,(H,36,37). The molecule has 0 fully saturated rings. The second-order valence-corrected chi connectivity index (χ2v) is 12.0. The van der Waals surface area contributed by atoms with Gasteiger partial charge in [-0.15, -0.1) is 0 Å². The van der Waals surface area contributed by atoms with Crippen molar-refractivity contribution in [1.29, 1.82) is 0 Å². The number of hydrogen-bond acceptors (Lipinski definition) is 6. The molecule has 5 heterocycles. The number of aliphatic hydroxyl groups excluding tert-OH is 1. The average Bonchev–Trinajstić information content (AvgIpc) is 3.42. The summed E-state index contributed by atoms with van der Waals surface area (Å²) in [6, 6.07) is 10.2. The lowest BCUT2D eigenvalue weighted by atomic mass is 9.97. The van der Waals surface area contributed by atoms with Crippen LogP contribution in [0.5, 0.6) is 0 Å². The zero-order chi connectivity index (χ0) is 30.5. The van der Waals surface area contributed by atoms with Crippen molar-refractivity contribution < 1.29 is 14.3 Å². The van der Waals surface area contributed by atoms with Gasteiger partial charge in [0.2, 0.25) is 0 Å². The normalized spacial score (nSPS) is 16.5. The van der Waals surface area contributed by atoms with Crippen molar-refractivity contribution in [2.75, 3.05) is 29.9 Å². The number of benzene rings is 1. The zero-order valence-electron chi connectivity index (χ0n) is 25.2. The Balaban J connectivity index is 1.24. The van der Waals surface area contributed by atoms with E-state index in [0.29, 0.717) is 47.0 Å². The monoisotopic (exact) mass is 596 g/mol. The Morgan fingerprint density at radius 2 is 1.84 bits per heavy atom. The summed E-state index contributed by atoms with van der Waals surface area (Å²) < 4.78 is 18.9. The lowest BCUT2D eigenvalue weighted by Crippen LogP contribution is -2.41. The highest BCUT2D eigenvalue weighted by Crippen LogP contribution is 2.37. The molecule has 3 aromatic heterocycles. The van der Waals surface area contributed by atoms with E-state index in [2.05, 4.69) is 21.7 Å². The third kappa shape index (κ3) is 4.92. The van der Waals surface area contributed by atoms with Crippen molar-refractivity contribution >= 4 is 23.1 Å². The van der Waals surface area contributed by atoms with Gasteiger partial charge in [-0.05, 0) is 79.3 Å². The number of rotatable bonds is 6. The van der Waals surface area contributed by atoms with Crippen molar-refractivity contribution in [3.8, 4) is 11.1 Å². The molecule has 0 saturated heterocycles. The van der Waals surface area contributed by atoms with E-state index >= 15 is 4.39 Å². The van der Waals surface area contributed by atoms with Gasteiger partial charge in [0.25, 0.3) is 11.5 Å². The predicted octanol–water partition coefficient (Wildman–Crippen LogP) is 4.54. The molecule has 0 radical (unpaired) electrons. The third-order valence-corrected chi connectivity index (χ3v) is 9.39. The molecule has 0 saturated carbocycles. The number of carbonyl (C=O) groups is 1. The van der Waals surface area contributed by atoms with Gasteiger partial charge in [-0.2, -0.15) is 0 Å². The van der Waals surface area contributed by atoms with Crippen LogP contribution in [0.1, 0.15) is 58.3 Å². The maximum atomic E-state index is 15.3. The third-order valence-electron chi connectivity index (χ3n) is 9.39. The number of likely N-dealkylation sites (N-methyl/N-ethyl adjacent to an activating group) is 1. The molecule has 7 rings (SSSR count). The smallest absolute Gasteiger partial charge is 0.274 e. The molecule has 2 aliphatic heterocycles. The summed E-state index contributed by atoms with van der Waals surface area (Å²) >= 11 is 0. The molecule has 4 aromatic rings. The lowest BCUT2D eigenvalue weighted by molar-refractivity contribution is 0.0964. The van der Waals surface area contributed by atoms with Crippen LogP contribution in [-0.2, 0) is 46.0 Å². The first-order valence-corrected chi connectivity index (χ1v) is 15.5. The van der Waals surface area contributed by atoms with E-state index in [-0.39, 0.29) is 17.2 Å². The fourth-order valence-electron chi connectivity index (χ4n) is 7.05. The predicted molar refractivity (Wildman–Crippen MR) is 168 cm³/mol. The molecule has 228 valence electrons. The summed E-state index contributed by atoms with van der Waals surface area (Å²) in [4.78, 5) is 35.7. The zero-order valence-corrected chi connectivity index (χ0v) is 25.2. The van der Waals surface area contributed by atoms with Crippen molar-refractivity contribution in [2.45, 2.75) is 58.7 Å². The number of nitrogens with one attached hydrogen (secondary N) is 1. The van der Waals surface area contributed by atoms with E-state index < -0.39 is 12.4 Å². The van der Waals surface area contributed by atoms with Crippen LogP contribution in [0.3, 0.4) is 0 Å². The summed E-state index contributed by atoms with van der Waals surface area (Å²) in [5.41, 5.74) is 7.05. The van der Waals surface area contributed by atoms with Crippen molar-refractivity contribution in [3.63, 3.8) is 0 Å². The summed E-state index contributed by atoms with van der Waals surface area (Å²) in [5, 5.41) is 13.8. The van der Waals surface area contributed by atoms with Gasteiger partial charge in [0, 0.05) is 68.4 Å². The molecule has 1 aromatic carbocycles. The highest BCUT2D eigenvalue weighted by atomic mass is 19.1. The van der Waals surface area contributed by atoms with Crippen LogP contribution < -0.4 is 15.8 Å². The van der Waals surface area contributed by atoms with Crippen molar-refractivity contribution in [2.24, 2.45) is 7.05 Å². The van der Waals surface area contributed by atoms with Crippen molar-refractivity contribution in [3.05, 3.63) is 92.5 Å². The SMILES string of the molecule is CCN1CCc2nc(Nc3cc(-c4cc(F)cc(N5CCn6c(cc7c6CCCC7)C5=O)c4CO)cn(C)c3=O)ccc2C1. The van der Waals surface area contributed by atoms with E-state index in [1.54, 1.807) is 24.2 Å². The number of amides is 1. The van der Waals surface area contributed by atoms with E-state index in [9.17, 15) is 14.7 Å². The molecule has 2 N–H and O–H groups in total. The maximum Gasteiger partial charge on any atom is 0.274 e. The number of aliphatic hydroxyl groups is 1. The Kier molecular flexibility index (Phi) is 7.34. The minimum atomic E-state index is -0.527. The molecular formula is C34H37FN6O3. The van der Waals surface area contributed by atoms with Gasteiger partial charge in [-0.25, -0.2) is 9.37 Å². The Bertz CT molecular complexity index is 1840. The number of halogens is 1. The number of carbonyl (C=O) groups excluding carboxylic acids is 1. The minimum Gasteiger partial charge on any atom is -0.392 e. The molecule has 0 spiro atoms. The Hall–Kier alpha value is -4.28. The Morgan fingerprint density at radius 1 is 1.00 bits per heavy atom. The van der Waals surface area contributed by atoms with E-state index in [1.807, 2.05) is 18.2 Å². The number of pyridine rings is 2.